The monoisotopic (exact) mass is 293 g/mol. The fourth-order valence-corrected chi connectivity index (χ4v) is 2.49. The van der Waals surface area contributed by atoms with E-state index in [0.717, 1.165) is 4.88 Å². The van der Waals surface area contributed by atoms with Crippen LogP contribution in [-0.4, -0.2) is 28.5 Å². The predicted octanol–water partition coefficient (Wildman–Crippen LogP) is 2.51. The van der Waals surface area contributed by atoms with Gasteiger partial charge in [-0.05, 0) is 18.4 Å². The van der Waals surface area contributed by atoms with Gasteiger partial charge in [0.2, 0.25) is 11.8 Å². The maximum atomic E-state index is 11.1. The van der Waals surface area contributed by atoms with Gasteiger partial charge >= 0.3 is 5.69 Å². The van der Waals surface area contributed by atoms with Gasteiger partial charge in [0, 0.05) is 18.5 Å². The minimum atomic E-state index is -0.453. The van der Waals surface area contributed by atoms with Crippen LogP contribution < -0.4 is 10.2 Å². The summed E-state index contributed by atoms with van der Waals surface area (Å²) in [6, 6.07) is 3.96. The van der Waals surface area contributed by atoms with Crippen LogP contribution in [0.5, 0.6) is 0 Å². The van der Waals surface area contributed by atoms with Crippen molar-refractivity contribution in [2.45, 2.75) is 13.5 Å². The fraction of sp³-hybridized carbons (Fsp3) is 0.333. The van der Waals surface area contributed by atoms with Crippen molar-refractivity contribution in [1.82, 2.24) is 9.97 Å². The molecule has 2 rings (SSSR count). The Hall–Kier alpha value is -2.22. The molecule has 2 heterocycles. The van der Waals surface area contributed by atoms with E-state index >= 15 is 0 Å². The number of rotatable bonds is 6. The highest BCUT2D eigenvalue weighted by Gasteiger charge is 2.22. The quantitative estimate of drug-likeness (QED) is 0.650. The zero-order chi connectivity index (χ0) is 14.5. The van der Waals surface area contributed by atoms with Crippen LogP contribution in [0.4, 0.5) is 17.5 Å². The molecule has 2 aromatic rings. The SMILES string of the molecule is CCN(Cc1cccs1)c1nc(NC)ncc1[N+](=O)[O-]. The summed E-state index contributed by atoms with van der Waals surface area (Å²) in [5.74, 6) is 0.709. The number of thiophene rings is 1. The summed E-state index contributed by atoms with van der Waals surface area (Å²) in [6.45, 7) is 3.16. The minimum Gasteiger partial charge on any atom is -0.357 e. The molecule has 106 valence electrons. The second-order valence-corrected chi connectivity index (χ2v) is 5.04. The molecule has 0 bridgehead atoms. The van der Waals surface area contributed by atoms with E-state index in [-0.39, 0.29) is 5.69 Å². The standard InChI is InChI=1S/C12H15N5O2S/c1-3-16(8-9-5-4-6-20-9)11-10(17(18)19)7-14-12(13-2)15-11/h4-7H,3,8H2,1-2H3,(H,13,14,15). The molecule has 0 aliphatic carbocycles. The molecule has 0 spiro atoms. The first-order valence-electron chi connectivity index (χ1n) is 6.12. The highest BCUT2D eigenvalue weighted by molar-refractivity contribution is 7.09. The van der Waals surface area contributed by atoms with Crippen LogP contribution in [-0.2, 0) is 6.54 Å². The first kappa shape index (κ1) is 14.2. The first-order valence-corrected chi connectivity index (χ1v) is 7.00. The summed E-state index contributed by atoms with van der Waals surface area (Å²) < 4.78 is 0. The molecule has 20 heavy (non-hydrogen) atoms. The van der Waals surface area contributed by atoms with Gasteiger partial charge in [0.1, 0.15) is 6.20 Å². The summed E-state index contributed by atoms with van der Waals surface area (Å²) in [4.78, 5) is 21.8. The number of anilines is 2. The van der Waals surface area contributed by atoms with Gasteiger partial charge in [-0.25, -0.2) is 4.98 Å². The largest absolute Gasteiger partial charge is 0.357 e. The molecule has 0 aliphatic heterocycles. The molecule has 0 unspecified atom stereocenters. The summed E-state index contributed by atoms with van der Waals surface area (Å²) in [6.07, 6.45) is 1.24. The fourth-order valence-electron chi connectivity index (χ4n) is 1.78. The summed E-state index contributed by atoms with van der Waals surface area (Å²) >= 11 is 1.61. The Morgan fingerprint density at radius 3 is 2.90 bits per heavy atom. The smallest absolute Gasteiger partial charge is 0.329 e. The van der Waals surface area contributed by atoms with Gasteiger partial charge in [-0.3, -0.25) is 10.1 Å². The molecule has 7 nitrogen and oxygen atoms in total. The number of aromatic nitrogens is 2. The van der Waals surface area contributed by atoms with Crippen LogP contribution in [0.3, 0.4) is 0 Å². The predicted molar refractivity (Wildman–Crippen MR) is 79.3 cm³/mol. The molecule has 0 amide bonds. The van der Waals surface area contributed by atoms with E-state index < -0.39 is 4.92 Å². The van der Waals surface area contributed by atoms with Crippen molar-refractivity contribution in [2.24, 2.45) is 0 Å². The lowest BCUT2D eigenvalue weighted by atomic mass is 10.3. The van der Waals surface area contributed by atoms with E-state index in [1.54, 1.807) is 18.4 Å². The maximum absolute atomic E-state index is 11.1. The lowest BCUT2D eigenvalue weighted by molar-refractivity contribution is -0.384. The minimum absolute atomic E-state index is 0.0811. The Morgan fingerprint density at radius 2 is 2.35 bits per heavy atom. The summed E-state index contributed by atoms with van der Waals surface area (Å²) in [5, 5.41) is 15.9. The molecule has 1 N–H and O–H groups in total. The van der Waals surface area contributed by atoms with Crippen LogP contribution in [0.25, 0.3) is 0 Å². The third-order valence-electron chi connectivity index (χ3n) is 2.78. The lowest BCUT2D eigenvalue weighted by Gasteiger charge is -2.21. The van der Waals surface area contributed by atoms with E-state index in [4.69, 9.17) is 0 Å². The van der Waals surface area contributed by atoms with E-state index in [0.29, 0.717) is 24.9 Å². The molecule has 2 aromatic heterocycles. The normalized spacial score (nSPS) is 10.3. The molecule has 0 saturated heterocycles. The van der Waals surface area contributed by atoms with Crippen molar-refractivity contribution in [3.63, 3.8) is 0 Å². The summed E-state index contributed by atoms with van der Waals surface area (Å²) in [7, 11) is 1.68. The maximum Gasteiger partial charge on any atom is 0.329 e. The molecule has 0 atom stereocenters. The zero-order valence-electron chi connectivity index (χ0n) is 11.2. The van der Waals surface area contributed by atoms with Crippen molar-refractivity contribution >= 4 is 28.8 Å². The summed E-state index contributed by atoms with van der Waals surface area (Å²) in [5.41, 5.74) is -0.0811. The van der Waals surface area contributed by atoms with Crippen LogP contribution >= 0.6 is 11.3 Å². The number of hydrogen-bond donors (Lipinski definition) is 1. The highest BCUT2D eigenvalue weighted by atomic mass is 32.1. The van der Waals surface area contributed by atoms with E-state index in [1.165, 1.54) is 6.20 Å². The third kappa shape index (κ3) is 3.02. The van der Waals surface area contributed by atoms with Gasteiger partial charge in [-0.2, -0.15) is 4.98 Å². The average Bonchev–Trinajstić information content (AvgIpc) is 2.97. The topological polar surface area (TPSA) is 84.2 Å². The second-order valence-electron chi connectivity index (χ2n) is 4.00. The number of hydrogen-bond acceptors (Lipinski definition) is 7. The molecule has 0 saturated carbocycles. The van der Waals surface area contributed by atoms with E-state index in [9.17, 15) is 10.1 Å². The molecule has 8 heteroatoms. The van der Waals surface area contributed by atoms with Crippen molar-refractivity contribution in [2.75, 3.05) is 23.8 Å². The molecule has 0 aromatic carbocycles. The Kier molecular flexibility index (Phi) is 4.46. The van der Waals surface area contributed by atoms with Gasteiger partial charge in [0.15, 0.2) is 0 Å². The van der Waals surface area contributed by atoms with Gasteiger partial charge in [0.05, 0.1) is 11.5 Å². The molecular weight excluding hydrogens is 278 g/mol. The van der Waals surface area contributed by atoms with Gasteiger partial charge in [-0.15, -0.1) is 11.3 Å². The van der Waals surface area contributed by atoms with Crippen LogP contribution in [0.15, 0.2) is 23.7 Å². The van der Waals surface area contributed by atoms with Crippen LogP contribution in [0.1, 0.15) is 11.8 Å². The van der Waals surface area contributed by atoms with Crippen molar-refractivity contribution in [3.05, 3.63) is 38.7 Å². The van der Waals surface area contributed by atoms with Gasteiger partial charge < -0.3 is 10.2 Å². The van der Waals surface area contributed by atoms with E-state index in [2.05, 4.69) is 15.3 Å². The number of nitrogens with zero attached hydrogens (tertiary/aromatic N) is 4. The van der Waals surface area contributed by atoms with Gasteiger partial charge in [-0.1, -0.05) is 6.07 Å². The average molecular weight is 293 g/mol. The van der Waals surface area contributed by atoms with Crippen LogP contribution in [0, 0.1) is 10.1 Å². The molecule has 0 fully saturated rings. The highest BCUT2D eigenvalue weighted by Crippen LogP contribution is 2.27. The first-order chi connectivity index (χ1) is 9.65. The Labute approximate surface area is 120 Å². The van der Waals surface area contributed by atoms with Crippen LogP contribution in [0.2, 0.25) is 0 Å². The second kappa shape index (κ2) is 6.29. The van der Waals surface area contributed by atoms with Gasteiger partial charge in [0.25, 0.3) is 0 Å². The Balaban J connectivity index is 2.38. The van der Waals surface area contributed by atoms with Crippen molar-refractivity contribution in [3.8, 4) is 0 Å². The number of nitro groups is 1. The lowest BCUT2D eigenvalue weighted by Crippen LogP contribution is -2.24. The molecular formula is C12H15N5O2S. The molecule has 0 radical (unpaired) electrons. The Bertz CT molecular complexity index is 588. The van der Waals surface area contributed by atoms with Crippen molar-refractivity contribution < 1.29 is 4.92 Å². The molecule has 0 aliphatic rings. The zero-order valence-corrected chi connectivity index (χ0v) is 12.1. The van der Waals surface area contributed by atoms with Crippen molar-refractivity contribution in [1.29, 1.82) is 0 Å². The number of nitrogens with one attached hydrogen (secondary N) is 1. The van der Waals surface area contributed by atoms with E-state index in [1.807, 2.05) is 29.3 Å². The third-order valence-corrected chi connectivity index (χ3v) is 3.64. The Morgan fingerprint density at radius 1 is 1.55 bits per heavy atom.